The van der Waals surface area contributed by atoms with Crippen LogP contribution >= 0.6 is 0 Å². The molecule has 0 unspecified atom stereocenters. The Kier molecular flexibility index (Phi) is 7.55. The lowest BCUT2D eigenvalue weighted by Crippen LogP contribution is -2.42. The minimum absolute atomic E-state index is 0.0146. The van der Waals surface area contributed by atoms with Crippen molar-refractivity contribution in [3.8, 4) is 5.75 Å². The maximum atomic E-state index is 13.9. The van der Waals surface area contributed by atoms with E-state index in [9.17, 15) is 18.0 Å². The minimum atomic E-state index is -4.42. The summed E-state index contributed by atoms with van der Waals surface area (Å²) in [6.45, 7) is 2.13. The summed E-state index contributed by atoms with van der Waals surface area (Å²) in [5.41, 5.74) is 2.13. The largest absolute Gasteiger partial charge is 0.497 e. The van der Waals surface area contributed by atoms with Crippen molar-refractivity contribution in [3.05, 3.63) is 89.2 Å². The van der Waals surface area contributed by atoms with E-state index in [-0.39, 0.29) is 34.9 Å². The Balaban J connectivity index is 1.57. The zero-order valence-corrected chi connectivity index (χ0v) is 23.0. The summed E-state index contributed by atoms with van der Waals surface area (Å²) >= 11 is 0. The molecule has 0 radical (unpaired) electrons. The van der Waals surface area contributed by atoms with E-state index in [1.54, 1.807) is 29.2 Å². The Hall–Kier alpha value is -4.29. The van der Waals surface area contributed by atoms with Crippen LogP contribution in [0.3, 0.4) is 0 Å². The molecule has 40 heavy (non-hydrogen) atoms. The molecule has 0 spiro atoms. The smallest absolute Gasteiger partial charge is 0.300 e. The molecule has 11 nitrogen and oxygen atoms in total. The van der Waals surface area contributed by atoms with E-state index in [0.29, 0.717) is 30.3 Å². The molecule has 0 bridgehead atoms. The number of aromatic nitrogens is 3. The monoisotopic (exact) mass is 562 g/mol. The van der Waals surface area contributed by atoms with E-state index >= 15 is 0 Å². The second kappa shape index (κ2) is 11.1. The van der Waals surface area contributed by atoms with Crippen LogP contribution < -0.4 is 14.2 Å². The number of anilines is 1. The lowest BCUT2D eigenvalue weighted by Gasteiger charge is -2.33. The van der Waals surface area contributed by atoms with Gasteiger partial charge in [-0.15, -0.1) is 0 Å². The maximum absolute atomic E-state index is 13.9. The van der Waals surface area contributed by atoms with E-state index in [2.05, 4.69) is 22.2 Å². The number of benzene rings is 2. The summed E-state index contributed by atoms with van der Waals surface area (Å²) in [5.74, 6) is 0.0735. The van der Waals surface area contributed by atoms with Gasteiger partial charge in [-0.1, -0.05) is 42.5 Å². The van der Waals surface area contributed by atoms with Crippen molar-refractivity contribution in [1.29, 1.82) is 0 Å². The number of amides is 1. The molecule has 1 saturated heterocycles. The number of fused-ring (bicyclic) bond motifs is 1. The van der Waals surface area contributed by atoms with Crippen LogP contribution in [0.4, 0.5) is 5.82 Å². The third kappa shape index (κ3) is 5.40. The van der Waals surface area contributed by atoms with Crippen LogP contribution in [0.5, 0.6) is 5.75 Å². The number of ketones is 1. The summed E-state index contributed by atoms with van der Waals surface area (Å²) in [4.78, 5) is 32.2. The van der Waals surface area contributed by atoms with E-state index in [4.69, 9.17) is 9.88 Å². The van der Waals surface area contributed by atoms with E-state index in [0.717, 1.165) is 17.1 Å². The molecule has 3 heterocycles. The van der Waals surface area contributed by atoms with Crippen molar-refractivity contribution >= 4 is 33.4 Å². The van der Waals surface area contributed by atoms with Crippen LogP contribution in [0.15, 0.2) is 67.0 Å². The Morgan fingerprint density at radius 1 is 1.05 bits per heavy atom. The molecular weight excluding hydrogens is 532 g/mol. The number of ether oxygens (including phenoxy) is 1. The second-order valence-electron chi connectivity index (χ2n) is 9.73. The lowest BCUT2D eigenvalue weighted by atomic mass is 9.89. The van der Waals surface area contributed by atoms with Crippen molar-refractivity contribution < 1.29 is 22.7 Å². The first kappa shape index (κ1) is 27.3. The van der Waals surface area contributed by atoms with Crippen LogP contribution in [0.1, 0.15) is 57.5 Å². The average Bonchev–Trinajstić information content (AvgIpc) is 3.40. The van der Waals surface area contributed by atoms with Crippen LogP contribution in [-0.2, 0) is 16.8 Å². The van der Waals surface area contributed by atoms with Crippen molar-refractivity contribution in [3.63, 3.8) is 0 Å². The molecule has 0 aliphatic carbocycles. The SMILES string of the molecule is COc1cccc(CN(c2c(C(=O)N3CCC(c4ccccc4)CC3)cnc3c(C(C)=O)cnn23)S(N)(=O)=O)c1. The molecule has 2 aromatic carbocycles. The van der Waals surface area contributed by atoms with Gasteiger partial charge in [0.25, 0.3) is 5.91 Å². The Morgan fingerprint density at radius 2 is 1.77 bits per heavy atom. The number of piperidine rings is 1. The highest BCUT2D eigenvalue weighted by Gasteiger charge is 2.33. The van der Waals surface area contributed by atoms with Crippen LogP contribution in [0.2, 0.25) is 0 Å². The first-order chi connectivity index (χ1) is 19.2. The van der Waals surface area contributed by atoms with E-state index in [1.807, 2.05) is 18.2 Å². The second-order valence-corrected chi connectivity index (χ2v) is 11.2. The van der Waals surface area contributed by atoms with Gasteiger partial charge in [-0.05, 0) is 48.9 Å². The van der Waals surface area contributed by atoms with Gasteiger partial charge in [-0.3, -0.25) is 9.59 Å². The van der Waals surface area contributed by atoms with Gasteiger partial charge in [0.05, 0.1) is 25.4 Å². The van der Waals surface area contributed by atoms with Gasteiger partial charge < -0.3 is 9.64 Å². The molecule has 0 atom stereocenters. The lowest BCUT2D eigenvalue weighted by molar-refractivity contribution is 0.0712. The standard InChI is InChI=1S/C28H30N6O5S/c1-19(35)24-17-31-34-26(24)30-16-25(28(36)32-13-11-22(12-14-32)21-8-4-3-5-9-21)27(34)33(40(29,37)38)18-20-7-6-10-23(15-20)39-2/h3-10,15-17,22H,11-14,18H2,1-2H3,(H2,29,37,38). The van der Waals surface area contributed by atoms with Gasteiger partial charge in [0.2, 0.25) is 0 Å². The van der Waals surface area contributed by atoms with Crippen molar-refractivity contribution in [1.82, 2.24) is 19.5 Å². The third-order valence-corrected chi connectivity index (χ3v) is 8.08. The predicted molar refractivity (Wildman–Crippen MR) is 150 cm³/mol. The summed E-state index contributed by atoms with van der Waals surface area (Å²) in [6.07, 6.45) is 4.13. The van der Waals surface area contributed by atoms with Gasteiger partial charge in [0.1, 0.15) is 11.3 Å². The Morgan fingerprint density at radius 3 is 2.42 bits per heavy atom. The fraction of sp³-hybridized carbons (Fsp3) is 0.286. The summed E-state index contributed by atoms with van der Waals surface area (Å²) in [6, 6.07) is 17.0. The summed E-state index contributed by atoms with van der Waals surface area (Å²) in [7, 11) is -2.91. The molecule has 208 valence electrons. The van der Waals surface area contributed by atoms with E-state index in [1.165, 1.54) is 36.5 Å². The minimum Gasteiger partial charge on any atom is -0.497 e. The number of hydrogen-bond donors (Lipinski definition) is 1. The molecule has 0 saturated carbocycles. The van der Waals surface area contributed by atoms with Gasteiger partial charge in [-0.2, -0.15) is 18.0 Å². The molecule has 2 N–H and O–H groups in total. The van der Waals surface area contributed by atoms with Crippen LogP contribution in [-0.4, -0.2) is 59.8 Å². The first-order valence-corrected chi connectivity index (χ1v) is 14.3. The average molecular weight is 563 g/mol. The van der Waals surface area contributed by atoms with Crippen molar-refractivity contribution in [2.45, 2.75) is 32.2 Å². The van der Waals surface area contributed by atoms with Gasteiger partial charge in [0, 0.05) is 19.3 Å². The highest BCUT2D eigenvalue weighted by Crippen LogP contribution is 2.32. The number of likely N-dealkylation sites (tertiary alicyclic amines) is 1. The van der Waals surface area contributed by atoms with Crippen molar-refractivity contribution in [2.24, 2.45) is 5.14 Å². The Labute approximate surface area is 232 Å². The molecule has 4 aromatic rings. The number of carbonyl (C=O) groups excluding carboxylic acids is 2. The van der Waals surface area contributed by atoms with Crippen molar-refractivity contribution in [2.75, 3.05) is 24.5 Å². The highest BCUT2D eigenvalue weighted by molar-refractivity contribution is 7.90. The van der Waals surface area contributed by atoms with Gasteiger partial charge in [-0.25, -0.2) is 14.4 Å². The number of carbonyl (C=O) groups is 2. The molecule has 1 aliphatic rings. The molecule has 1 aliphatic heterocycles. The quantitative estimate of drug-likeness (QED) is 0.325. The number of Topliss-reactive ketones (excluding diaryl/α,β-unsaturated/α-hetero) is 1. The predicted octanol–water partition coefficient (Wildman–Crippen LogP) is 3.17. The number of rotatable bonds is 8. The number of methoxy groups -OCH3 is 1. The zero-order chi connectivity index (χ0) is 28.4. The fourth-order valence-electron chi connectivity index (χ4n) is 5.09. The fourth-order valence-corrected chi connectivity index (χ4v) is 5.84. The normalized spacial score (nSPS) is 14.3. The molecule has 5 rings (SSSR count). The highest BCUT2D eigenvalue weighted by atomic mass is 32.2. The number of nitrogens with zero attached hydrogens (tertiary/aromatic N) is 5. The molecule has 2 aromatic heterocycles. The van der Waals surface area contributed by atoms with E-state index < -0.39 is 16.1 Å². The summed E-state index contributed by atoms with van der Waals surface area (Å²) < 4.78 is 33.5. The number of hydrogen-bond acceptors (Lipinski definition) is 7. The Bertz CT molecular complexity index is 1660. The topological polar surface area (TPSA) is 140 Å². The van der Waals surface area contributed by atoms with Crippen LogP contribution in [0.25, 0.3) is 5.65 Å². The van der Waals surface area contributed by atoms with Gasteiger partial charge in [0.15, 0.2) is 17.2 Å². The molecule has 12 heteroatoms. The zero-order valence-electron chi connectivity index (χ0n) is 22.2. The molecule has 1 amide bonds. The molecular formula is C28H30N6O5S. The number of nitrogens with two attached hydrogens (primary N) is 1. The van der Waals surface area contributed by atoms with Crippen LogP contribution in [0, 0.1) is 0 Å². The first-order valence-electron chi connectivity index (χ1n) is 12.8. The maximum Gasteiger partial charge on any atom is 0.300 e. The van der Waals surface area contributed by atoms with Gasteiger partial charge >= 0.3 is 10.2 Å². The summed E-state index contributed by atoms with van der Waals surface area (Å²) in [5, 5.41) is 10.00. The third-order valence-electron chi connectivity index (χ3n) is 7.17. The molecule has 1 fully saturated rings.